The van der Waals surface area contributed by atoms with Crippen LogP contribution in [0.15, 0.2) is 146 Å². The Morgan fingerprint density at radius 3 is 1.62 bits per heavy atom. The van der Waals surface area contributed by atoms with Crippen LogP contribution in [0, 0.1) is 11.6 Å². The molecule has 2 aromatic heterocycles. The summed E-state index contributed by atoms with van der Waals surface area (Å²) in [6.07, 6.45) is 0.980. The molecule has 0 bridgehead atoms. The van der Waals surface area contributed by atoms with E-state index in [1.54, 1.807) is 49.8 Å². The first kappa shape index (κ1) is 52.1. The molecular formula is C54H46F2N6O12S2. The van der Waals surface area contributed by atoms with Crippen molar-refractivity contribution in [1.82, 2.24) is 24.5 Å². The fraction of sp³-hybridized carbons (Fsp3) is 0.167. The van der Waals surface area contributed by atoms with Gasteiger partial charge >= 0.3 is 26.7 Å². The number of ether oxygens (including phenoxy) is 2. The molecule has 2 aliphatic rings. The number of pyridine rings is 2. The van der Waals surface area contributed by atoms with Crippen LogP contribution in [0.4, 0.5) is 13.6 Å². The van der Waals surface area contributed by atoms with Crippen LogP contribution in [0.3, 0.4) is 0 Å². The summed E-state index contributed by atoms with van der Waals surface area (Å²) in [5.74, 6) is -2.39. The molecule has 8 aromatic rings. The zero-order chi connectivity index (χ0) is 54.1. The molecule has 0 saturated carbocycles. The maximum atomic E-state index is 14.3. The van der Waals surface area contributed by atoms with E-state index < -0.39 is 61.9 Å². The van der Waals surface area contributed by atoms with Gasteiger partial charge < -0.3 is 32.7 Å². The number of rotatable bonds is 13. The second kappa shape index (κ2) is 20.9. The Hall–Kier alpha value is -8.73. The van der Waals surface area contributed by atoms with Gasteiger partial charge in [-0.15, -0.1) is 0 Å². The summed E-state index contributed by atoms with van der Waals surface area (Å²) in [6.45, 7) is 4.88. The Bertz CT molecular complexity index is 3740. The van der Waals surface area contributed by atoms with Crippen LogP contribution < -0.4 is 23.0 Å². The highest BCUT2D eigenvalue weighted by Crippen LogP contribution is 2.48. The molecule has 0 fully saturated rings. The van der Waals surface area contributed by atoms with Gasteiger partial charge in [-0.2, -0.15) is 26.7 Å². The lowest BCUT2D eigenvalue weighted by Gasteiger charge is -2.23. The number of hydrogen-bond acceptors (Lipinski definition) is 14. The topological polar surface area (TPSA) is 247 Å². The number of fused-ring (bicyclic) bond motifs is 4. The third-order valence-corrected chi connectivity index (χ3v) is 13.1. The van der Waals surface area contributed by atoms with Crippen LogP contribution in [-0.2, 0) is 51.5 Å². The van der Waals surface area contributed by atoms with Gasteiger partial charge in [0.2, 0.25) is 0 Å². The monoisotopic (exact) mass is 1070 g/mol. The Labute approximate surface area is 434 Å². The van der Waals surface area contributed by atoms with Crippen molar-refractivity contribution < 1.29 is 62.9 Å². The number of benzene rings is 6. The van der Waals surface area contributed by atoms with E-state index in [9.17, 15) is 45.1 Å². The lowest BCUT2D eigenvalue weighted by atomic mass is 9.99. The van der Waals surface area contributed by atoms with Crippen molar-refractivity contribution in [2.24, 2.45) is 5.14 Å². The first-order valence-corrected chi connectivity index (χ1v) is 26.1. The number of carbonyl (C=O) groups is 3. The van der Waals surface area contributed by atoms with Crippen LogP contribution in [0.5, 0.6) is 23.0 Å². The molecule has 0 atom stereocenters. The van der Waals surface area contributed by atoms with E-state index in [0.29, 0.717) is 11.1 Å². The molecule has 22 heteroatoms. The summed E-state index contributed by atoms with van der Waals surface area (Å²) in [4.78, 5) is 51.0. The maximum absolute atomic E-state index is 14.3. The number of hydrogen-bond donors (Lipinski definition) is 3. The largest absolute Gasteiger partial charge is 0.505 e. The van der Waals surface area contributed by atoms with Crippen LogP contribution in [0.1, 0.15) is 81.0 Å². The lowest BCUT2D eigenvalue weighted by molar-refractivity contribution is 0.0566. The number of aromatic hydroxyl groups is 1. The smallest absolute Gasteiger partial charge is 0.424 e. The third-order valence-electron chi connectivity index (χ3n) is 11.9. The van der Waals surface area contributed by atoms with E-state index >= 15 is 0 Å². The zero-order valence-corrected chi connectivity index (χ0v) is 42.3. The normalized spacial score (nSPS) is 13.3. The van der Waals surface area contributed by atoms with Gasteiger partial charge in [0.1, 0.15) is 34.4 Å². The molecule has 0 radical (unpaired) electrons. The molecular weight excluding hydrogens is 1030 g/mol. The average Bonchev–Trinajstić information content (AvgIpc) is 3.96. The minimum atomic E-state index is -4.80. The van der Waals surface area contributed by atoms with Gasteiger partial charge in [0.05, 0.1) is 24.2 Å². The fourth-order valence-corrected chi connectivity index (χ4v) is 9.87. The molecule has 3 amide bonds. The summed E-state index contributed by atoms with van der Waals surface area (Å²) >= 11 is 0. The number of phenols is 1. The summed E-state index contributed by atoms with van der Waals surface area (Å²) in [6, 6.07) is 36.5. The van der Waals surface area contributed by atoms with Gasteiger partial charge in [-0.05, 0) is 91.6 Å². The van der Waals surface area contributed by atoms with E-state index in [-0.39, 0.29) is 93.2 Å². The summed E-state index contributed by atoms with van der Waals surface area (Å²) in [5, 5.41) is 16.1. The second-order valence-corrected chi connectivity index (χ2v) is 20.9. The van der Waals surface area contributed by atoms with Crippen molar-refractivity contribution >= 4 is 60.3 Å². The molecule has 0 unspecified atom stereocenters. The van der Waals surface area contributed by atoms with Gasteiger partial charge in [0.15, 0.2) is 23.0 Å². The third kappa shape index (κ3) is 11.5. The van der Waals surface area contributed by atoms with Crippen molar-refractivity contribution in [3.05, 3.63) is 202 Å². The summed E-state index contributed by atoms with van der Waals surface area (Å²) in [5.41, 5.74) is 2.52. The highest BCUT2D eigenvalue weighted by atomic mass is 32.2. The molecule has 2 aliphatic heterocycles. The number of phenolic OH excluding ortho intramolecular Hbond substituents is 1. The number of aromatic nitrogens is 2. The van der Waals surface area contributed by atoms with Crippen LogP contribution in [0.2, 0.25) is 0 Å². The Morgan fingerprint density at radius 2 is 1.12 bits per heavy atom. The summed E-state index contributed by atoms with van der Waals surface area (Å²) < 4.78 is 101. The van der Waals surface area contributed by atoms with E-state index in [1.165, 1.54) is 70.7 Å². The quantitative estimate of drug-likeness (QED) is 0.0978. The zero-order valence-electron chi connectivity index (χ0n) is 40.6. The first-order valence-electron chi connectivity index (χ1n) is 23.2. The second-order valence-electron chi connectivity index (χ2n) is 18.5. The van der Waals surface area contributed by atoms with Crippen LogP contribution >= 0.6 is 0 Å². The van der Waals surface area contributed by atoms with E-state index in [2.05, 4.69) is 9.97 Å². The molecule has 6 aromatic carbocycles. The first-order chi connectivity index (χ1) is 36.1. The molecule has 76 heavy (non-hydrogen) atoms. The molecule has 0 aliphatic carbocycles. The summed E-state index contributed by atoms with van der Waals surface area (Å²) in [7, 11) is -9.19. The minimum absolute atomic E-state index is 0.0191. The van der Waals surface area contributed by atoms with Crippen LogP contribution in [0.25, 0.3) is 21.8 Å². The Morgan fingerprint density at radius 1 is 0.658 bits per heavy atom. The van der Waals surface area contributed by atoms with E-state index in [4.69, 9.17) is 23.0 Å². The fourth-order valence-electron chi connectivity index (χ4n) is 8.75. The predicted octanol–water partition coefficient (Wildman–Crippen LogP) is 8.66. The van der Waals surface area contributed by atoms with Crippen molar-refractivity contribution in [3.63, 3.8) is 0 Å². The van der Waals surface area contributed by atoms with E-state index in [1.807, 2.05) is 60.7 Å². The average molecular weight is 1070 g/mol. The van der Waals surface area contributed by atoms with Gasteiger partial charge in [-0.3, -0.25) is 19.6 Å². The van der Waals surface area contributed by atoms with Crippen molar-refractivity contribution in [3.8, 4) is 23.0 Å². The lowest BCUT2D eigenvalue weighted by Crippen LogP contribution is -2.38. The SMILES string of the molecule is CC(C)(C)OC(=O)NS(=O)(=O)Oc1c2c(c(OC(c3ccccc3)c3ccccc3)c3ncccc13)C(=O)N(Cc1ccc(F)cc1)C2.NS(=O)(=O)Oc1c2c(c(O)c3ncccc13)C(=O)N(Cc1ccc(F)cc1)C2. The van der Waals surface area contributed by atoms with Crippen molar-refractivity contribution in [2.45, 2.75) is 58.7 Å². The van der Waals surface area contributed by atoms with Gasteiger partial charge in [-0.1, -0.05) is 84.9 Å². The van der Waals surface area contributed by atoms with Crippen molar-refractivity contribution in [1.29, 1.82) is 0 Å². The van der Waals surface area contributed by atoms with Crippen LogP contribution in [-0.4, -0.2) is 65.2 Å². The molecule has 18 nitrogen and oxygen atoms in total. The number of amides is 3. The minimum Gasteiger partial charge on any atom is -0.505 e. The number of carbonyl (C=O) groups excluding carboxylic acids is 3. The number of nitrogens with one attached hydrogen (secondary N) is 1. The molecule has 4 N–H and O–H groups in total. The number of nitrogens with two attached hydrogens (primary N) is 1. The molecule has 10 rings (SSSR count). The van der Waals surface area contributed by atoms with Crippen molar-refractivity contribution in [2.75, 3.05) is 0 Å². The predicted molar refractivity (Wildman–Crippen MR) is 273 cm³/mol. The number of halogens is 2. The Balaban J connectivity index is 0.000000213. The highest BCUT2D eigenvalue weighted by Gasteiger charge is 2.40. The molecule has 4 heterocycles. The number of nitrogens with zero attached hydrogens (tertiary/aromatic N) is 4. The molecule has 390 valence electrons. The van der Waals surface area contributed by atoms with Gasteiger partial charge in [0.25, 0.3) is 11.8 Å². The van der Waals surface area contributed by atoms with Gasteiger partial charge in [-0.25, -0.2) is 13.6 Å². The highest BCUT2D eigenvalue weighted by molar-refractivity contribution is 7.85. The van der Waals surface area contributed by atoms with Gasteiger partial charge in [0, 0.05) is 47.4 Å². The Kier molecular flexibility index (Phi) is 14.3. The molecule has 0 spiro atoms. The van der Waals surface area contributed by atoms with E-state index in [0.717, 1.165) is 11.1 Å². The standard InChI is InChI=1S/C36H32FN3O7S.C18H14FN3O5S/c1-36(2,3)46-35(42)39-48(43,44)47-32-27-15-10-20-38-30(27)33(45-31(24-11-6-4-7-12-24)25-13-8-5-9-14-25)29-28(32)22-40(34(29)41)21-23-16-18-26(37)19-17-23;19-11-5-3-10(4-6-11)8-22-9-13-14(18(22)24)16(23)15-12(2-1-7-21-15)17(13)27-28(20,25)26/h4-20,31H,21-22H2,1-3H3,(H,39,42);1-7,23H,8-9H2,(H2,20,25,26). The molecule has 0 saturated heterocycles. The maximum Gasteiger partial charge on any atom is 0.424 e.